The molecule has 1 N–H and O–H groups in total. The zero-order chi connectivity index (χ0) is 17.5. The van der Waals surface area contributed by atoms with E-state index in [2.05, 4.69) is 12.2 Å². The number of nitrogens with zero attached hydrogens (tertiary/aromatic N) is 1. The van der Waals surface area contributed by atoms with Crippen LogP contribution in [0.25, 0.3) is 0 Å². The lowest BCUT2D eigenvalue weighted by atomic mass is 9.87. The number of nitrogens with one attached hydrogen (secondary N) is 1. The molecule has 3 rings (SSSR count). The molecule has 2 amide bonds. The zero-order valence-electron chi connectivity index (χ0n) is 13.9. The van der Waals surface area contributed by atoms with Crippen LogP contribution in [0.5, 0.6) is 0 Å². The number of amides is 2. The molecule has 0 spiro atoms. The molecule has 1 heterocycles. The molecular formula is C17H22N2O4S. The highest BCUT2D eigenvalue weighted by molar-refractivity contribution is 7.90. The summed E-state index contributed by atoms with van der Waals surface area (Å²) in [4.78, 5) is 24.5. The van der Waals surface area contributed by atoms with Gasteiger partial charge in [-0.05, 0) is 43.9 Å². The van der Waals surface area contributed by atoms with E-state index in [1.165, 1.54) is 24.6 Å². The Morgan fingerprint density at radius 2 is 2.08 bits per heavy atom. The van der Waals surface area contributed by atoms with Gasteiger partial charge < -0.3 is 5.32 Å². The normalized spacial score (nSPS) is 25.4. The average Bonchev–Trinajstić information content (AvgIpc) is 2.73. The monoisotopic (exact) mass is 350 g/mol. The van der Waals surface area contributed by atoms with Gasteiger partial charge in [-0.15, -0.1) is 0 Å². The van der Waals surface area contributed by atoms with Gasteiger partial charge in [-0.3, -0.25) is 9.59 Å². The molecule has 2 aliphatic rings. The maximum atomic E-state index is 12.5. The standard InChI is InChI=1S/C17H22N2O4S/c1-3-19-17(21)14-8-7-12(10-15(14)24(19,22)23)16(20)18-13-6-4-5-11(2)9-13/h7-8,10-11,13H,3-6,9H2,1-2H3,(H,18,20). The van der Waals surface area contributed by atoms with Gasteiger partial charge in [0.05, 0.1) is 5.56 Å². The van der Waals surface area contributed by atoms with Gasteiger partial charge in [-0.25, -0.2) is 12.7 Å². The summed E-state index contributed by atoms with van der Waals surface area (Å²) in [5.41, 5.74) is 0.418. The Labute approximate surface area is 142 Å². The fourth-order valence-electron chi connectivity index (χ4n) is 3.56. The summed E-state index contributed by atoms with van der Waals surface area (Å²) in [6.07, 6.45) is 4.15. The lowest BCUT2D eigenvalue weighted by Gasteiger charge is -2.27. The van der Waals surface area contributed by atoms with Gasteiger partial charge in [-0.2, -0.15) is 0 Å². The molecule has 2 unspecified atom stereocenters. The predicted molar refractivity (Wildman–Crippen MR) is 89.2 cm³/mol. The molecule has 0 saturated heterocycles. The van der Waals surface area contributed by atoms with Crippen molar-refractivity contribution in [2.24, 2.45) is 5.92 Å². The van der Waals surface area contributed by atoms with Crippen molar-refractivity contribution in [2.75, 3.05) is 6.54 Å². The number of hydrogen-bond donors (Lipinski definition) is 1. The first kappa shape index (κ1) is 17.0. The quantitative estimate of drug-likeness (QED) is 0.905. The summed E-state index contributed by atoms with van der Waals surface area (Å²) in [6, 6.07) is 4.40. The molecule has 1 aromatic rings. The molecule has 24 heavy (non-hydrogen) atoms. The summed E-state index contributed by atoms with van der Waals surface area (Å²) in [5.74, 6) is -0.227. The maximum absolute atomic E-state index is 12.5. The summed E-state index contributed by atoms with van der Waals surface area (Å²) in [7, 11) is -3.84. The molecule has 2 atom stereocenters. The largest absolute Gasteiger partial charge is 0.349 e. The van der Waals surface area contributed by atoms with E-state index in [0.29, 0.717) is 5.92 Å². The second kappa shape index (κ2) is 6.20. The zero-order valence-corrected chi connectivity index (χ0v) is 14.7. The fraction of sp³-hybridized carbons (Fsp3) is 0.529. The van der Waals surface area contributed by atoms with E-state index in [4.69, 9.17) is 0 Å². The number of hydrogen-bond acceptors (Lipinski definition) is 4. The Balaban J connectivity index is 1.85. The van der Waals surface area contributed by atoms with Crippen LogP contribution in [0.3, 0.4) is 0 Å². The molecule has 0 bridgehead atoms. The van der Waals surface area contributed by atoms with Crippen molar-refractivity contribution in [1.29, 1.82) is 0 Å². The Morgan fingerprint density at radius 3 is 2.75 bits per heavy atom. The molecule has 1 aromatic carbocycles. The highest BCUT2D eigenvalue weighted by atomic mass is 32.2. The Hall–Kier alpha value is -1.89. The van der Waals surface area contributed by atoms with Crippen LogP contribution < -0.4 is 5.32 Å². The van der Waals surface area contributed by atoms with Crippen LogP contribution in [0, 0.1) is 5.92 Å². The van der Waals surface area contributed by atoms with Crippen LogP contribution in [-0.2, 0) is 10.0 Å². The number of sulfonamides is 1. The molecule has 0 radical (unpaired) electrons. The number of fused-ring (bicyclic) bond motifs is 1. The number of carbonyl (C=O) groups excluding carboxylic acids is 2. The topological polar surface area (TPSA) is 83.6 Å². The van der Waals surface area contributed by atoms with Crippen molar-refractivity contribution in [3.63, 3.8) is 0 Å². The maximum Gasteiger partial charge on any atom is 0.268 e. The van der Waals surface area contributed by atoms with E-state index in [-0.39, 0.29) is 34.5 Å². The van der Waals surface area contributed by atoms with Gasteiger partial charge in [0.1, 0.15) is 4.90 Å². The highest BCUT2D eigenvalue weighted by Crippen LogP contribution is 2.31. The third-order valence-corrected chi connectivity index (χ3v) is 6.73. The first-order chi connectivity index (χ1) is 11.3. The number of carbonyl (C=O) groups is 2. The molecule has 1 aliphatic carbocycles. The molecule has 1 aliphatic heterocycles. The van der Waals surface area contributed by atoms with Crippen molar-refractivity contribution in [2.45, 2.75) is 50.5 Å². The Bertz CT molecular complexity index is 788. The van der Waals surface area contributed by atoms with Crippen molar-refractivity contribution >= 4 is 21.8 Å². The second-order valence-electron chi connectivity index (χ2n) is 6.63. The van der Waals surface area contributed by atoms with Crippen molar-refractivity contribution in [1.82, 2.24) is 9.62 Å². The Kier molecular flexibility index (Phi) is 4.38. The van der Waals surface area contributed by atoms with E-state index < -0.39 is 15.9 Å². The van der Waals surface area contributed by atoms with Gasteiger partial charge in [0, 0.05) is 18.2 Å². The molecule has 7 heteroatoms. The lowest BCUT2D eigenvalue weighted by Crippen LogP contribution is -2.38. The minimum absolute atomic E-state index is 0.0704. The summed E-state index contributed by atoms with van der Waals surface area (Å²) in [5, 5.41) is 2.99. The number of rotatable bonds is 3. The smallest absolute Gasteiger partial charge is 0.268 e. The molecule has 130 valence electrons. The molecule has 1 fully saturated rings. The van der Waals surface area contributed by atoms with Crippen LogP contribution >= 0.6 is 0 Å². The van der Waals surface area contributed by atoms with Crippen molar-refractivity contribution in [3.05, 3.63) is 29.3 Å². The van der Waals surface area contributed by atoms with Crippen molar-refractivity contribution in [3.8, 4) is 0 Å². The van der Waals surface area contributed by atoms with Gasteiger partial charge in [0.2, 0.25) is 0 Å². The van der Waals surface area contributed by atoms with Crippen LogP contribution in [0.15, 0.2) is 23.1 Å². The summed E-state index contributed by atoms with van der Waals surface area (Å²) in [6.45, 7) is 3.86. The number of benzene rings is 1. The van der Waals surface area contributed by atoms with Gasteiger partial charge in [0.15, 0.2) is 0 Å². The van der Waals surface area contributed by atoms with Gasteiger partial charge in [0.25, 0.3) is 21.8 Å². The van der Waals surface area contributed by atoms with Crippen LogP contribution in [0.2, 0.25) is 0 Å². The average molecular weight is 350 g/mol. The second-order valence-corrected chi connectivity index (χ2v) is 8.46. The lowest BCUT2D eigenvalue weighted by molar-refractivity contribution is 0.0873. The predicted octanol–water partition coefficient (Wildman–Crippen LogP) is 2.16. The van der Waals surface area contributed by atoms with Crippen LogP contribution in [0.4, 0.5) is 0 Å². The molecule has 6 nitrogen and oxygen atoms in total. The first-order valence-corrected chi connectivity index (χ1v) is 9.80. The molecular weight excluding hydrogens is 328 g/mol. The third-order valence-electron chi connectivity index (χ3n) is 4.83. The van der Waals surface area contributed by atoms with Crippen LogP contribution in [-0.4, -0.2) is 37.1 Å². The van der Waals surface area contributed by atoms with E-state index in [1.807, 2.05) is 0 Å². The molecule has 0 aromatic heterocycles. The van der Waals surface area contributed by atoms with E-state index >= 15 is 0 Å². The van der Waals surface area contributed by atoms with E-state index in [9.17, 15) is 18.0 Å². The minimum atomic E-state index is -3.84. The highest BCUT2D eigenvalue weighted by Gasteiger charge is 2.40. The van der Waals surface area contributed by atoms with E-state index in [1.54, 1.807) is 6.92 Å². The van der Waals surface area contributed by atoms with E-state index in [0.717, 1.165) is 23.6 Å². The SMILES string of the molecule is CCN1C(=O)c2ccc(C(=O)NC3CCCC(C)C3)cc2S1(=O)=O. The van der Waals surface area contributed by atoms with Gasteiger partial charge in [-0.1, -0.05) is 19.8 Å². The first-order valence-electron chi connectivity index (χ1n) is 8.36. The Morgan fingerprint density at radius 1 is 1.33 bits per heavy atom. The summed E-state index contributed by atoms with van der Waals surface area (Å²) < 4.78 is 25.6. The van der Waals surface area contributed by atoms with Crippen molar-refractivity contribution < 1.29 is 18.0 Å². The molecule has 1 saturated carbocycles. The van der Waals surface area contributed by atoms with Gasteiger partial charge >= 0.3 is 0 Å². The minimum Gasteiger partial charge on any atom is -0.349 e. The summed E-state index contributed by atoms with van der Waals surface area (Å²) >= 11 is 0. The third kappa shape index (κ3) is 2.81. The fourth-order valence-corrected chi connectivity index (χ4v) is 5.17. The van der Waals surface area contributed by atoms with Crippen LogP contribution in [0.1, 0.15) is 60.2 Å².